The van der Waals surface area contributed by atoms with Gasteiger partial charge in [-0.1, -0.05) is 0 Å². The predicted molar refractivity (Wildman–Crippen MR) is 101 cm³/mol. The molecule has 0 aliphatic rings. The molecule has 0 unspecified atom stereocenters. The lowest BCUT2D eigenvalue weighted by atomic mass is 10.1. The highest BCUT2D eigenvalue weighted by atomic mass is 19.1. The Morgan fingerprint density at radius 2 is 2.00 bits per heavy atom. The van der Waals surface area contributed by atoms with E-state index in [-0.39, 0.29) is 12.5 Å². The highest BCUT2D eigenvalue weighted by Crippen LogP contribution is 2.14. The van der Waals surface area contributed by atoms with Gasteiger partial charge in [-0.3, -0.25) is 14.5 Å². The normalized spacial score (nSPS) is 10.8. The summed E-state index contributed by atoms with van der Waals surface area (Å²) >= 11 is 0. The van der Waals surface area contributed by atoms with Crippen molar-refractivity contribution in [3.63, 3.8) is 0 Å². The van der Waals surface area contributed by atoms with Gasteiger partial charge in [-0.15, -0.1) is 0 Å². The fourth-order valence-electron chi connectivity index (χ4n) is 2.53. The highest BCUT2D eigenvalue weighted by Gasteiger charge is 2.12. The summed E-state index contributed by atoms with van der Waals surface area (Å²) in [6.45, 7) is 1.40. The van der Waals surface area contributed by atoms with Gasteiger partial charge in [-0.25, -0.2) is 4.39 Å². The number of amides is 1. The maximum absolute atomic E-state index is 13.9. The molecular weight excluding hydrogens is 363 g/mol. The molecule has 146 valence electrons. The number of halogens is 1. The van der Waals surface area contributed by atoms with Gasteiger partial charge in [-0.05, 0) is 35.9 Å². The third kappa shape index (κ3) is 5.45. The second-order valence-corrected chi connectivity index (χ2v) is 6.06. The van der Waals surface area contributed by atoms with Crippen molar-refractivity contribution in [1.29, 1.82) is 0 Å². The van der Waals surface area contributed by atoms with Crippen molar-refractivity contribution in [2.45, 2.75) is 13.2 Å². The Labute approximate surface area is 162 Å². The van der Waals surface area contributed by atoms with Crippen molar-refractivity contribution in [2.24, 2.45) is 0 Å². The van der Waals surface area contributed by atoms with E-state index in [9.17, 15) is 9.18 Å². The maximum atomic E-state index is 13.9. The van der Waals surface area contributed by atoms with Gasteiger partial charge < -0.3 is 14.8 Å². The summed E-state index contributed by atoms with van der Waals surface area (Å²) in [6.07, 6.45) is 5.20. The number of hydrogen-bond acceptors (Lipinski definition) is 5. The Bertz CT molecular complexity index is 915. The Balaban J connectivity index is 1.61. The molecule has 2 heterocycles. The van der Waals surface area contributed by atoms with Gasteiger partial charge in [-0.2, -0.15) is 5.10 Å². The second-order valence-electron chi connectivity index (χ2n) is 6.06. The molecular formula is C20H21FN4O3. The molecule has 0 fully saturated rings. The standard InChI is InChI=1S/C20H21FN4O3/c1-27-10-11-28-14-17-12-16(2-3-18(17)21)20(26)23-19-6-9-25(24-19)13-15-4-7-22-8-5-15/h2-9,12H,10-11,13-14H2,1H3,(H,23,24,26). The number of ether oxygens (including phenoxy) is 2. The van der Waals surface area contributed by atoms with E-state index >= 15 is 0 Å². The fraction of sp³-hybridized carbons (Fsp3) is 0.250. The first-order chi connectivity index (χ1) is 13.7. The molecule has 0 spiro atoms. The van der Waals surface area contributed by atoms with E-state index in [4.69, 9.17) is 9.47 Å². The molecule has 0 saturated heterocycles. The summed E-state index contributed by atoms with van der Waals surface area (Å²) in [5.74, 6) is -0.371. The van der Waals surface area contributed by atoms with Gasteiger partial charge in [0.1, 0.15) is 5.82 Å². The number of carbonyl (C=O) groups excluding carboxylic acids is 1. The zero-order chi connectivity index (χ0) is 19.8. The molecule has 0 bridgehead atoms. The Morgan fingerprint density at radius 1 is 1.18 bits per heavy atom. The Morgan fingerprint density at radius 3 is 2.79 bits per heavy atom. The summed E-state index contributed by atoms with van der Waals surface area (Å²) in [5, 5.41) is 7.05. The number of nitrogens with one attached hydrogen (secondary N) is 1. The number of rotatable bonds is 9. The van der Waals surface area contributed by atoms with Crippen molar-refractivity contribution in [1.82, 2.24) is 14.8 Å². The smallest absolute Gasteiger partial charge is 0.256 e. The third-order valence-electron chi connectivity index (χ3n) is 3.97. The minimum Gasteiger partial charge on any atom is -0.382 e. The summed E-state index contributed by atoms with van der Waals surface area (Å²) in [4.78, 5) is 16.4. The number of pyridine rings is 1. The molecule has 3 rings (SSSR count). The quantitative estimate of drug-likeness (QED) is 0.574. The minimum atomic E-state index is -0.421. The first-order valence-corrected chi connectivity index (χ1v) is 8.74. The number of nitrogens with zero attached hydrogens (tertiary/aromatic N) is 3. The van der Waals surface area contributed by atoms with Crippen molar-refractivity contribution in [2.75, 3.05) is 25.6 Å². The zero-order valence-corrected chi connectivity index (χ0v) is 15.5. The first kappa shape index (κ1) is 19.7. The number of methoxy groups -OCH3 is 1. The van der Waals surface area contributed by atoms with Gasteiger partial charge in [0.05, 0.1) is 26.4 Å². The van der Waals surface area contributed by atoms with E-state index < -0.39 is 5.82 Å². The lowest BCUT2D eigenvalue weighted by molar-refractivity contribution is 0.0604. The lowest BCUT2D eigenvalue weighted by Gasteiger charge is -2.08. The van der Waals surface area contributed by atoms with Crippen LogP contribution in [0.2, 0.25) is 0 Å². The molecule has 1 N–H and O–H groups in total. The minimum absolute atomic E-state index is 0.0663. The van der Waals surface area contributed by atoms with Crippen molar-refractivity contribution < 1.29 is 18.7 Å². The molecule has 0 radical (unpaired) electrons. The molecule has 28 heavy (non-hydrogen) atoms. The molecule has 0 saturated carbocycles. The van der Waals surface area contributed by atoms with Crippen LogP contribution in [0.15, 0.2) is 55.0 Å². The average molecular weight is 384 g/mol. The Hall–Kier alpha value is -3.10. The molecule has 1 aromatic carbocycles. The zero-order valence-electron chi connectivity index (χ0n) is 15.5. The molecule has 3 aromatic rings. The summed E-state index contributed by atoms with van der Waals surface area (Å²) < 4.78 is 25.8. The molecule has 2 aromatic heterocycles. The topological polar surface area (TPSA) is 78.3 Å². The van der Waals surface area contributed by atoms with Crippen molar-refractivity contribution in [3.8, 4) is 0 Å². The van der Waals surface area contributed by atoms with Crippen LogP contribution in [0.3, 0.4) is 0 Å². The van der Waals surface area contributed by atoms with E-state index in [0.717, 1.165) is 5.56 Å². The molecule has 8 heteroatoms. The van der Waals surface area contributed by atoms with Crippen LogP contribution < -0.4 is 5.32 Å². The molecule has 1 amide bonds. The third-order valence-corrected chi connectivity index (χ3v) is 3.97. The van der Waals surface area contributed by atoms with E-state index in [1.807, 2.05) is 12.1 Å². The van der Waals surface area contributed by atoms with Crippen LogP contribution in [0.4, 0.5) is 10.2 Å². The first-order valence-electron chi connectivity index (χ1n) is 8.74. The SMILES string of the molecule is COCCOCc1cc(C(=O)Nc2ccn(Cc3ccncc3)n2)ccc1F. The number of hydrogen-bond donors (Lipinski definition) is 1. The van der Waals surface area contributed by atoms with Crippen molar-refractivity contribution >= 4 is 11.7 Å². The van der Waals surface area contributed by atoms with Crippen LogP contribution in [0.5, 0.6) is 0 Å². The van der Waals surface area contributed by atoms with Crippen LogP contribution in [-0.4, -0.2) is 41.0 Å². The average Bonchev–Trinajstić information content (AvgIpc) is 3.14. The fourth-order valence-corrected chi connectivity index (χ4v) is 2.53. The number of aromatic nitrogens is 3. The van der Waals surface area contributed by atoms with Gasteiger partial charge in [0, 0.05) is 42.9 Å². The second kappa shape index (κ2) is 9.72. The van der Waals surface area contributed by atoms with Crippen LogP contribution in [-0.2, 0) is 22.6 Å². The van der Waals surface area contributed by atoms with E-state index in [1.165, 1.54) is 18.2 Å². The van der Waals surface area contributed by atoms with E-state index in [2.05, 4.69) is 15.4 Å². The number of benzene rings is 1. The van der Waals surface area contributed by atoms with E-state index in [1.54, 1.807) is 36.4 Å². The van der Waals surface area contributed by atoms with Crippen LogP contribution >= 0.6 is 0 Å². The molecule has 0 atom stereocenters. The Kier molecular flexibility index (Phi) is 6.83. The highest BCUT2D eigenvalue weighted by molar-refractivity contribution is 6.03. The van der Waals surface area contributed by atoms with Crippen LogP contribution in [0.25, 0.3) is 0 Å². The van der Waals surface area contributed by atoms with Gasteiger partial charge in [0.2, 0.25) is 0 Å². The predicted octanol–water partition coefficient (Wildman–Crippen LogP) is 2.88. The molecule has 0 aliphatic heterocycles. The van der Waals surface area contributed by atoms with Crippen LogP contribution in [0, 0.1) is 5.82 Å². The largest absolute Gasteiger partial charge is 0.382 e. The molecule has 0 aliphatic carbocycles. The van der Waals surface area contributed by atoms with Gasteiger partial charge >= 0.3 is 0 Å². The number of carbonyl (C=O) groups is 1. The maximum Gasteiger partial charge on any atom is 0.256 e. The van der Waals surface area contributed by atoms with E-state index in [0.29, 0.717) is 36.7 Å². The van der Waals surface area contributed by atoms with Gasteiger partial charge in [0.15, 0.2) is 5.82 Å². The summed E-state index contributed by atoms with van der Waals surface area (Å²) in [7, 11) is 1.56. The lowest BCUT2D eigenvalue weighted by Crippen LogP contribution is -2.14. The van der Waals surface area contributed by atoms with Gasteiger partial charge in [0.25, 0.3) is 5.91 Å². The van der Waals surface area contributed by atoms with Crippen LogP contribution in [0.1, 0.15) is 21.5 Å². The van der Waals surface area contributed by atoms with Crippen molar-refractivity contribution in [3.05, 3.63) is 77.5 Å². The number of anilines is 1. The monoisotopic (exact) mass is 384 g/mol. The summed E-state index contributed by atoms with van der Waals surface area (Å²) in [6, 6.07) is 9.66. The summed E-state index contributed by atoms with van der Waals surface area (Å²) in [5.41, 5.74) is 1.69. The molecule has 7 nitrogen and oxygen atoms in total.